The maximum absolute atomic E-state index is 12.5. The van der Waals surface area contributed by atoms with Gasteiger partial charge in [-0.25, -0.2) is 4.98 Å². The lowest BCUT2D eigenvalue weighted by Crippen LogP contribution is -2.47. The van der Waals surface area contributed by atoms with Gasteiger partial charge in [0.2, 0.25) is 11.8 Å². The van der Waals surface area contributed by atoms with Gasteiger partial charge in [-0.3, -0.25) is 14.5 Å². The fourth-order valence-corrected chi connectivity index (χ4v) is 4.18. The Kier molecular flexibility index (Phi) is 6.83. The van der Waals surface area contributed by atoms with Crippen LogP contribution in [0.3, 0.4) is 0 Å². The molecular weight excluding hydrogens is 340 g/mol. The number of amides is 2. The first-order valence-electron chi connectivity index (χ1n) is 10.3. The molecule has 0 spiro atoms. The Labute approximate surface area is 162 Å². The Morgan fingerprint density at radius 1 is 1.15 bits per heavy atom. The molecule has 1 saturated carbocycles. The lowest BCUT2D eigenvalue weighted by atomic mass is 9.86. The molecule has 0 radical (unpaired) electrons. The molecule has 148 valence electrons. The van der Waals surface area contributed by atoms with E-state index >= 15 is 0 Å². The molecule has 1 aromatic heterocycles. The van der Waals surface area contributed by atoms with Gasteiger partial charge in [-0.1, -0.05) is 25.8 Å². The van der Waals surface area contributed by atoms with Crippen molar-refractivity contribution in [2.45, 2.75) is 58.4 Å². The van der Waals surface area contributed by atoms with E-state index < -0.39 is 0 Å². The van der Waals surface area contributed by atoms with E-state index in [1.807, 2.05) is 25.1 Å². The summed E-state index contributed by atoms with van der Waals surface area (Å²) in [4.78, 5) is 31.3. The molecule has 6 heteroatoms. The standard InChI is InChI=1S/C21H32N4O2/c1-15-6-3-4-8-18(15)23-20(26)14-25-12-10-17(11-13-25)21(27)24-19-9-5-7-16(2)22-19/h5,7,9,15,17-18H,3-4,6,8,10-14H2,1-2H3,(H,23,26)(H,22,24,27)/t15-,18+/m1/s1. The SMILES string of the molecule is Cc1cccc(NC(=O)C2CCN(CC(=O)N[C@H]3CCCC[C@H]3C)CC2)n1. The fraction of sp³-hybridized carbons (Fsp3) is 0.667. The molecule has 1 aliphatic carbocycles. The highest BCUT2D eigenvalue weighted by Crippen LogP contribution is 2.24. The third-order valence-electron chi connectivity index (χ3n) is 5.92. The van der Waals surface area contributed by atoms with Crippen LogP contribution in [0.2, 0.25) is 0 Å². The maximum atomic E-state index is 12.5. The highest BCUT2D eigenvalue weighted by Gasteiger charge is 2.27. The van der Waals surface area contributed by atoms with Crippen LogP contribution in [0.5, 0.6) is 0 Å². The van der Waals surface area contributed by atoms with E-state index in [4.69, 9.17) is 0 Å². The van der Waals surface area contributed by atoms with E-state index in [-0.39, 0.29) is 17.7 Å². The third-order valence-corrected chi connectivity index (χ3v) is 5.92. The van der Waals surface area contributed by atoms with Gasteiger partial charge in [0.05, 0.1) is 6.54 Å². The number of pyridine rings is 1. The second-order valence-electron chi connectivity index (χ2n) is 8.14. The molecule has 6 nitrogen and oxygen atoms in total. The maximum Gasteiger partial charge on any atom is 0.234 e. The van der Waals surface area contributed by atoms with Gasteiger partial charge in [0.1, 0.15) is 5.82 Å². The molecule has 27 heavy (non-hydrogen) atoms. The molecule has 3 rings (SSSR count). The number of aromatic nitrogens is 1. The topological polar surface area (TPSA) is 74.3 Å². The molecule has 2 heterocycles. The van der Waals surface area contributed by atoms with E-state index in [2.05, 4.69) is 27.4 Å². The average molecular weight is 373 g/mol. The lowest BCUT2D eigenvalue weighted by Gasteiger charge is -2.33. The van der Waals surface area contributed by atoms with Crippen LogP contribution in [-0.2, 0) is 9.59 Å². The van der Waals surface area contributed by atoms with Crippen molar-refractivity contribution in [3.05, 3.63) is 23.9 Å². The van der Waals surface area contributed by atoms with Crippen molar-refractivity contribution in [3.63, 3.8) is 0 Å². The first-order valence-corrected chi connectivity index (χ1v) is 10.3. The Morgan fingerprint density at radius 2 is 1.89 bits per heavy atom. The van der Waals surface area contributed by atoms with E-state index in [0.29, 0.717) is 24.3 Å². The summed E-state index contributed by atoms with van der Waals surface area (Å²) in [5.74, 6) is 1.34. The molecular formula is C21H32N4O2. The van der Waals surface area contributed by atoms with Crippen LogP contribution in [-0.4, -0.2) is 47.4 Å². The zero-order chi connectivity index (χ0) is 19.2. The van der Waals surface area contributed by atoms with Gasteiger partial charge in [-0.2, -0.15) is 0 Å². The summed E-state index contributed by atoms with van der Waals surface area (Å²) in [6.45, 7) is 6.15. The monoisotopic (exact) mass is 372 g/mol. The zero-order valence-electron chi connectivity index (χ0n) is 16.5. The zero-order valence-corrected chi connectivity index (χ0v) is 16.5. The minimum atomic E-state index is -0.00927. The quantitative estimate of drug-likeness (QED) is 0.833. The van der Waals surface area contributed by atoms with Crippen LogP contribution < -0.4 is 10.6 Å². The van der Waals surface area contributed by atoms with Crippen molar-refractivity contribution in [1.29, 1.82) is 0 Å². The molecule has 2 amide bonds. The van der Waals surface area contributed by atoms with Crippen molar-refractivity contribution in [3.8, 4) is 0 Å². The van der Waals surface area contributed by atoms with Gasteiger partial charge in [0.15, 0.2) is 0 Å². The van der Waals surface area contributed by atoms with E-state index in [1.165, 1.54) is 19.3 Å². The molecule has 2 aliphatic rings. The van der Waals surface area contributed by atoms with Crippen molar-refractivity contribution >= 4 is 17.6 Å². The Balaban J connectivity index is 1.40. The third kappa shape index (κ3) is 5.76. The van der Waals surface area contributed by atoms with Crippen molar-refractivity contribution in [1.82, 2.24) is 15.2 Å². The molecule has 2 fully saturated rings. The van der Waals surface area contributed by atoms with E-state index in [0.717, 1.165) is 38.0 Å². The summed E-state index contributed by atoms with van der Waals surface area (Å²) in [5, 5.41) is 6.14. The van der Waals surface area contributed by atoms with Crippen LogP contribution in [0, 0.1) is 18.8 Å². The summed E-state index contributed by atoms with van der Waals surface area (Å²) in [7, 11) is 0. The number of nitrogens with one attached hydrogen (secondary N) is 2. The minimum Gasteiger partial charge on any atom is -0.352 e. The largest absolute Gasteiger partial charge is 0.352 e. The van der Waals surface area contributed by atoms with Gasteiger partial charge in [-0.15, -0.1) is 0 Å². The molecule has 0 unspecified atom stereocenters. The van der Waals surface area contributed by atoms with Crippen LogP contribution in [0.4, 0.5) is 5.82 Å². The lowest BCUT2D eigenvalue weighted by molar-refractivity contribution is -0.124. The number of likely N-dealkylation sites (tertiary alicyclic amines) is 1. The van der Waals surface area contributed by atoms with Crippen molar-refractivity contribution in [2.75, 3.05) is 25.0 Å². The predicted octanol–water partition coefficient (Wildman–Crippen LogP) is 2.74. The number of piperidine rings is 1. The highest BCUT2D eigenvalue weighted by molar-refractivity contribution is 5.91. The molecule has 1 aromatic rings. The Hall–Kier alpha value is -1.95. The molecule has 2 atom stereocenters. The van der Waals surface area contributed by atoms with E-state index in [9.17, 15) is 9.59 Å². The van der Waals surface area contributed by atoms with Crippen molar-refractivity contribution < 1.29 is 9.59 Å². The molecule has 1 saturated heterocycles. The summed E-state index contributed by atoms with van der Waals surface area (Å²) < 4.78 is 0. The molecule has 1 aliphatic heterocycles. The summed E-state index contributed by atoms with van der Waals surface area (Å²) in [5.41, 5.74) is 0.890. The summed E-state index contributed by atoms with van der Waals surface area (Å²) in [6, 6.07) is 5.95. The van der Waals surface area contributed by atoms with Gasteiger partial charge in [0.25, 0.3) is 0 Å². The summed E-state index contributed by atoms with van der Waals surface area (Å²) >= 11 is 0. The Bertz CT molecular complexity index is 655. The number of anilines is 1. The smallest absolute Gasteiger partial charge is 0.234 e. The number of carbonyl (C=O) groups is 2. The van der Waals surface area contributed by atoms with Crippen LogP contribution in [0.25, 0.3) is 0 Å². The summed E-state index contributed by atoms with van der Waals surface area (Å²) in [6.07, 6.45) is 6.37. The van der Waals surface area contributed by atoms with Crippen LogP contribution >= 0.6 is 0 Å². The van der Waals surface area contributed by atoms with Gasteiger partial charge in [-0.05, 0) is 63.7 Å². The molecule has 0 aromatic carbocycles. The van der Waals surface area contributed by atoms with E-state index in [1.54, 1.807) is 0 Å². The predicted molar refractivity (Wildman–Crippen MR) is 106 cm³/mol. The first kappa shape index (κ1) is 19.8. The number of nitrogens with zero attached hydrogens (tertiary/aromatic N) is 2. The van der Waals surface area contributed by atoms with Gasteiger partial charge in [0, 0.05) is 17.7 Å². The normalized spacial score (nSPS) is 24.4. The number of rotatable bonds is 5. The van der Waals surface area contributed by atoms with Gasteiger partial charge < -0.3 is 10.6 Å². The number of carbonyl (C=O) groups excluding carboxylic acids is 2. The number of aryl methyl sites for hydroxylation is 1. The minimum absolute atomic E-state index is 0.00927. The average Bonchev–Trinajstić information content (AvgIpc) is 2.64. The second-order valence-corrected chi connectivity index (χ2v) is 8.14. The fourth-order valence-electron chi connectivity index (χ4n) is 4.18. The van der Waals surface area contributed by atoms with Crippen molar-refractivity contribution in [2.24, 2.45) is 11.8 Å². The first-order chi connectivity index (χ1) is 13.0. The Morgan fingerprint density at radius 3 is 2.59 bits per heavy atom. The van der Waals surface area contributed by atoms with Gasteiger partial charge >= 0.3 is 0 Å². The second kappa shape index (κ2) is 9.31. The molecule has 2 N–H and O–H groups in total. The van der Waals surface area contributed by atoms with Crippen LogP contribution in [0.1, 0.15) is 51.1 Å². The van der Waals surface area contributed by atoms with Crippen LogP contribution in [0.15, 0.2) is 18.2 Å². The number of hydrogen-bond donors (Lipinski definition) is 2. The molecule has 0 bridgehead atoms. The highest BCUT2D eigenvalue weighted by atomic mass is 16.2. The number of hydrogen-bond acceptors (Lipinski definition) is 4.